The largest absolute Gasteiger partial charge is 0.490 e. The first-order valence-corrected chi connectivity index (χ1v) is 7.73. The van der Waals surface area contributed by atoms with Crippen LogP contribution in [0.4, 0.5) is 0 Å². The zero-order valence-electron chi connectivity index (χ0n) is 12.6. The third kappa shape index (κ3) is 2.78. The molecule has 0 amide bonds. The van der Waals surface area contributed by atoms with Crippen molar-refractivity contribution in [1.82, 2.24) is 5.32 Å². The minimum Gasteiger partial charge on any atom is -0.490 e. The maximum atomic E-state index is 6.43. The maximum absolute atomic E-state index is 6.43. The van der Waals surface area contributed by atoms with Crippen molar-refractivity contribution < 1.29 is 4.74 Å². The van der Waals surface area contributed by atoms with Crippen LogP contribution in [0.3, 0.4) is 0 Å². The lowest BCUT2D eigenvalue weighted by Gasteiger charge is -2.14. The highest BCUT2D eigenvalue weighted by atomic mass is 35.5. The number of halogens is 1. The van der Waals surface area contributed by atoms with Gasteiger partial charge in [0.2, 0.25) is 0 Å². The molecule has 0 fully saturated rings. The molecule has 1 heterocycles. The monoisotopic (exact) mass is 301 g/mol. The minimum absolute atomic E-state index is 0.251. The van der Waals surface area contributed by atoms with Crippen LogP contribution in [0.25, 0.3) is 11.1 Å². The van der Waals surface area contributed by atoms with Gasteiger partial charge in [-0.05, 0) is 61.3 Å². The van der Waals surface area contributed by atoms with Crippen LogP contribution in [0.15, 0.2) is 36.4 Å². The van der Waals surface area contributed by atoms with Crippen molar-refractivity contribution >= 4 is 11.6 Å². The Morgan fingerprint density at radius 1 is 1.19 bits per heavy atom. The zero-order chi connectivity index (χ0) is 15.0. The quantitative estimate of drug-likeness (QED) is 0.894. The summed E-state index contributed by atoms with van der Waals surface area (Å²) in [5.41, 5.74) is 4.75. The maximum Gasteiger partial charge on any atom is 0.123 e. The standard InChI is InChI=1S/C18H20ClNO/c1-11-8-15-9-13(5-7-18(15)21-11)14-4-6-16(12(2)20-3)17(19)10-14/h4-7,9-12,20H,8H2,1-3H3. The van der Waals surface area contributed by atoms with Crippen molar-refractivity contribution in [3.63, 3.8) is 0 Å². The Morgan fingerprint density at radius 2 is 1.90 bits per heavy atom. The molecule has 1 aliphatic rings. The van der Waals surface area contributed by atoms with Crippen LogP contribution in [0.2, 0.25) is 5.02 Å². The number of rotatable bonds is 3. The van der Waals surface area contributed by atoms with Gasteiger partial charge in [-0.15, -0.1) is 0 Å². The predicted octanol–water partition coefficient (Wildman–Crippen LogP) is 4.61. The molecular formula is C18H20ClNO. The molecular weight excluding hydrogens is 282 g/mol. The number of nitrogens with one attached hydrogen (secondary N) is 1. The van der Waals surface area contributed by atoms with Crippen molar-refractivity contribution in [1.29, 1.82) is 0 Å². The van der Waals surface area contributed by atoms with Crippen molar-refractivity contribution in [2.45, 2.75) is 32.4 Å². The molecule has 0 aromatic heterocycles. The molecule has 3 heteroatoms. The molecule has 0 aliphatic carbocycles. The fourth-order valence-corrected chi connectivity index (χ4v) is 3.16. The molecule has 2 nitrogen and oxygen atoms in total. The summed E-state index contributed by atoms with van der Waals surface area (Å²) in [5.74, 6) is 1.01. The van der Waals surface area contributed by atoms with E-state index in [1.54, 1.807) is 0 Å². The molecule has 0 saturated carbocycles. The normalized spacial score (nSPS) is 18.2. The first-order chi connectivity index (χ1) is 10.1. The molecule has 1 aliphatic heterocycles. The number of hydrogen-bond donors (Lipinski definition) is 1. The summed E-state index contributed by atoms with van der Waals surface area (Å²) in [6, 6.07) is 12.9. The number of fused-ring (bicyclic) bond motifs is 1. The molecule has 3 rings (SSSR count). The van der Waals surface area contributed by atoms with E-state index in [4.69, 9.17) is 16.3 Å². The second-order valence-corrected chi connectivity index (χ2v) is 6.11. The summed E-state index contributed by atoms with van der Waals surface area (Å²) in [7, 11) is 1.94. The third-order valence-corrected chi connectivity index (χ3v) is 4.46. The van der Waals surface area contributed by atoms with Gasteiger partial charge in [-0.25, -0.2) is 0 Å². The van der Waals surface area contributed by atoms with E-state index in [0.29, 0.717) is 0 Å². The molecule has 2 atom stereocenters. The van der Waals surface area contributed by atoms with Gasteiger partial charge >= 0.3 is 0 Å². The first kappa shape index (κ1) is 14.4. The summed E-state index contributed by atoms with van der Waals surface area (Å²) < 4.78 is 5.75. The van der Waals surface area contributed by atoms with Crippen molar-refractivity contribution in [3.05, 3.63) is 52.5 Å². The van der Waals surface area contributed by atoms with E-state index < -0.39 is 0 Å². The lowest BCUT2D eigenvalue weighted by Crippen LogP contribution is -2.12. The Labute approximate surface area is 131 Å². The smallest absolute Gasteiger partial charge is 0.123 e. The van der Waals surface area contributed by atoms with Gasteiger partial charge in [-0.3, -0.25) is 0 Å². The van der Waals surface area contributed by atoms with E-state index >= 15 is 0 Å². The van der Waals surface area contributed by atoms with Crippen LogP contribution in [-0.2, 0) is 6.42 Å². The van der Waals surface area contributed by atoms with Gasteiger partial charge < -0.3 is 10.1 Å². The average molecular weight is 302 g/mol. The summed E-state index contributed by atoms with van der Waals surface area (Å²) in [5, 5.41) is 4.02. The van der Waals surface area contributed by atoms with Gasteiger partial charge in [0.1, 0.15) is 11.9 Å². The highest BCUT2D eigenvalue weighted by Crippen LogP contribution is 2.34. The second kappa shape index (κ2) is 5.70. The van der Waals surface area contributed by atoms with Crippen LogP contribution in [0.5, 0.6) is 5.75 Å². The Hall–Kier alpha value is -1.51. The van der Waals surface area contributed by atoms with E-state index in [-0.39, 0.29) is 12.1 Å². The Morgan fingerprint density at radius 3 is 2.62 bits per heavy atom. The molecule has 0 spiro atoms. The number of benzene rings is 2. The summed E-state index contributed by atoms with van der Waals surface area (Å²) >= 11 is 6.43. The van der Waals surface area contributed by atoms with Crippen molar-refractivity contribution in [3.8, 4) is 16.9 Å². The molecule has 21 heavy (non-hydrogen) atoms. The topological polar surface area (TPSA) is 21.3 Å². The summed E-state index contributed by atoms with van der Waals surface area (Å²) in [6.45, 7) is 4.21. The van der Waals surface area contributed by atoms with E-state index in [2.05, 4.69) is 49.5 Å². The second-order valence-electron chi connectivity index (χ2n) is 5.70. The molecule has 110 valence electrons. The lowest BCUT2D eigenvalue weighted by atomic mass is 9.98. The molecule has 2 aromatic carbocycles. The fourth-order valence-electron chi connectivity index (χ4n) is 2.81. The average Bonchev–Trinajstić information content (AvgIpc) is 2.85. The number of hydrogen-bond acceptors (Lipinski definition) is 2. The van der Waals surface area contributed by atoms with Gasteiger partial charge in [0.15, 0.2) is 0 Å². The third-order valence-electron chi connectivity index (χ3n) is 4.13. The molecule has 0 bridgehead atoms. The van der Waals surface area contributed by atoms with Crippen molar-refractivity contribution in [2.24, 2.45) is 0 Å². The molecule has 0 radical (unpaired) electrons. The van der Waals surface area contributed by atoms with Crippen LogP contribution < -0.4 is 10.1 Å². The molecule has 2 aromatic rings. The Balaban J connectivity index is 1.95. The highest BCUT2D eigenvalue weighted by molar-refractivity contribution is 6.31. The number of ether oxygens (including phenoxy) is 1. The Kier molecular flexibility index (Phi) is 3.92. The van der Waals surface area contributed by atoms with Gasteiger partial charge in [0, 0.05) is 17.5 Å². The van der Waals surface area contributed by atoms with Gasteiger partial charge in [-0.1, -0.05) is 29.8 Å². The van der Waals surface area contributed by atoms with E-state index in [1.165, 1.54) is 11.1 Å². The first-order valence-electron chi connectivity index (χ1n) is 7.35. The molecule has 1 N–H and O–H groups in total. The van der Waals surface area contributed by atoms with E-state index in [9.17, 15) is 0 Å². The van der Waals surface area contributed by atoms with Gasteiger partial charge in [-0.2, -0.15) is 0 Å². The minimum atomic E-state index is 0.251. The van der Waals surface area contributed by atoms with Crippen molar-refractivity contribution in [2.75, 3.05) is 7.05 Å². The highest BCUT2D eigenvalue weighted by Gasteiger charge is 2.19. The van der Waals surface area contributed by atoms with Crippen LogP contribution in [0, 0.1) is 0 Å². The Bertz CT molecular complexity index is 668. The molecule has 2 unspecified atom stereocenters. The van der Waals surface area contributed by atoms with Crippen LogP contribution in [0.1, 0.15) is 31.0 Å². The molecule has 0 saturated heterocycles. The predicted molar refractivity (Wildman–Crippen MR) is 88.2 cm³/mol. The summed E-state index contributed by atoms with van der Waals surface area (Å²) in [6.07, 6.45) is 1.25. The van der Waals surface area contributed by atoms with E-state index in [0.717, 1.165) is 28.3 Å². The van der Waals surface area contributed by atoms with Gasteiger partial charge in [0.25, 0.3) is 0 Å². The van der Waals surface area contributed by atoms with Crippen LogP contribution in [-0.4, -0.2) is 13.2 Å². The SMILES string of the molecule is CNC(C)c1ccc(-c2ccc3c(c2)CC(C)O3)cc1Cl. The zero-order valence-corrected chi connectivity index (χ0v) is 13.4. The van der Waals surface area contributed by atoms with E-state index in [1.807, 2.05) is 13.1 Å². The van der Waals surface area contributed by atoms with Crippen LogP contribution >= 0.6 is 11.6 Å². The lowest BCUT2D eigenvalue weighted by molar-refractivity contribution is 0.254. The fraction of sp³-hybridized carbons (Fsp3) is 0.333. The van der Waals surface area contributed by atoms with Gasteiger partial charge in [0.05, 0.1) is 0 Å². The summed E-state index contributed by atoms with van der Waals surface area (Å²) in [4.78, 5) is 0.